The van der Waals surface area contributed by atoms with E-state index >= 15 is 0 Å². The number of carbonyl (C=O) groups is 3. The number of amides is 2. The van der Waals surface area contributed by atoms with Crippen LogP contribution in [0.5, 0.6) is 0 Å². The summed E-state index contributed by atoms with van der Waals surface area (Å²) in [6, 6.07) is -0.700. The molecule has 2 atom stereocenters. The molecule has 9 heteroatoms. The smallest absolute Gasteiger partial charge is 0.361 e. The van der Waals surface area contributed by atoms with Crippen molar-refractivity contribution in [3.63, 3.8) is 0 Å². The first kappa shape index (κ1) is 20.9. The van der Waals surface area contributed by atoms with E-state index in [2.05, 4.69) is 0 Å². The molecule has 9 nitrogen and oxygen atoms in total. The normalized spacial score (nSPS) is 16.6. The van der Waals surface area contributed by atoms with Crippen LogP contribution in [0.15, 0.2) is 12.3 Å². The summed E-state index contributed by atoms with van der Waals surface area (Å²) in [6.45, 7) is 7.72. The van der Waals surface area contributed by atoms with Crippen LogP contribution in [0, 0.1) is 0 Å². The number of rotatable bonds is 10. The Kier molecular flexibility index (Phi) is 8.93. The zero-order valence-corrected chi connectivity index (χ0v) is 15.1. The molecule has 0 aliphatic carbocycles. The number of urea groups is 1. The Labute approximate surface area is 147 Å². The Morgan fingerprint density at radius 2 is 1.76 bits per heavy atom. The van der Waals surface area contributed by atoms with Crippen molar-refractivity contribution in [2.45, 2.75) is 46.4 Å². The van der Waals surface area contributed by atoms with Gasteiger partial charge in [0.1, 0.15) is 0 Å². The minimum atomic E-state index is -1.21. The molecule has 0 N–H and O–H groups in total. The van der Waals surface area contributed by atoms with Crippen molar-refractivity contribution in [3.05, 3.63) is 12.3 Å². The topological polar surface area (TPSA) is 94.6 Å². The van der Waals surface area contributed by atoms with Gasteiger partial charge in [0.2, 0.25) is 6.23 Å². The molecule has 0 bridgehead atoms. The molecule has 0 aromatic heterocycles. The van der Waals surface area contributed by atoms with Gasteiger partial charge < -0.3 is 19.0 Å². The van der Waals surface area contributed by atoms with Crippen molar-refractivity contribution in [2.75, 3.05) is 26.4 Å². The van der Waals surface area contributed by atoms with Gasteiger partial charge in [0, 0.05) is 26.0 Å². The first-order valence-corrected chi connectivity index (χ1v) is 8.38. The fraction of sp³-hybridized carbons (Fsp3) is 0.688. The van der Waals surface area contributed by atoms with Gasteiger partial charge in [-0.15, -0.1) is 5.06 Å². The highest BCUT2D eigenvalue weighted by Gasteiger charge is 2.37. The molecular weight excluding hydrogens is 332 g/mol. The predicted octanol–water partition coefficient (Wildman–Crippen LogP) is 1.44. The summed E-state index contributed by atoms with van der Waals surface area (Å²) in [5.41, 5.74) is 0. The number of carbonyl (C=O) groups excluding carboxylic acids is 3. The lowest BCUT2D eigenvalue weighted by Crippen LogP contribution is -2.54. The van der Waals surface area contributed by atoms with Crippen LogP contribution < -0.4 is 0 Å². The van der Waals surface area contributed by atoms with Crippen LogP contribution in [0.4, 0.5) is 4.79 Å². The van der Waals surface area contributed by atoms with Crippen molar-refractivity contribution in [3.8, 4) is 0 Å². The fourth-order valence-electron chi connectivity index (χ4n) is 2.16. The average molecular weight is 358 g/mol. The molecule has 142 valence electrons. The zero-order chi connectivity index (χ0) is 18.8. The molecule has 1 rings (SSSR count). The van der Waals surface area contributed by atoms with Gasteiger partial charge in [-0.2, -0.15) is 0 Å². The number of ether oxygens (including phenoxy) is 3. The van der Waals surface area contributed by atoms with Crippen molar-refractivity contribution in [1.29, 1.82) is 0 Å². The van der Waals surface area contributed by atoms with Gasteiger partial charge in [-0.25, -0.2) is 14.4 Å². The largest absolute Gasteiger partial charge is 0.463 e. The summed E-state index contributed by atoms with van der Waals surface area (Å²) in [4.78, 5) is 42.9. The van der Waals surface area contributed by atoms with Crippen LogP contribution in [0.2, 0.25) is 0 Å². The SMILES string of the molecule is CCOC(=O)C(OCC)N1CC=CN(OC(=O)C(CC)OCC)C1=O. The minimum absolute atomic E-state index is 0.124. The van der Waals surface area contributed by atoms with E-state index in [0.717, 1.165) is 9.96 Å². The van der Waals surface area contributed by atoms with Gasteiger partial charge >= 0.3 is 18.0 Å². The number of esters is 1. The molecule has 1 heterocycles. The quantitative estimate of drug-likeness (QED) is 0.545. The van der Waals surface area contributed by atoms with E-state index in [1.807, 2.05) is 0 Å². The number of hydrogen-bond acceptors (Lipinski definition) is 7. The second-order valence-electron chi connectivity index (χ2n) is 4.97. The zero-order valence-electron chi connectivity index (χ0n) is 15.1. The molecule has 1 aliphatic rings. The average Bonchev–Trinajstić information content (AvgIpc) is 2.59. The summed E-state index contributed by atoms with van der Waals surface area (Å²) in [5.74, 6) is -1.37. The molecule has 0 saturated heterocycles. The second kappa shape index (κ2) is 10.7. The highest BCUT2D eigenvalue weighted by Crippen LogP contribution is 2.15. The highest BCUT2D eigenvalue weighted by atomic mass is 16.7. The molecule has 25 heavy (non-hydrogen) atoms. The van der Waals surface area contributed by atoms with E-state index in [1.54, 1.807) is 33.8 Å². The Balaban J connectivity index is 2.84. The number of nitrogens with zero attached hydrogens (tertiary/aromatic N) is 2. The van der Waals surface area contributed by atoms with Crippen LogP contribution in [0.3, 0.4) is 0 Å². The molecule has 2 amide bonds. The third kappa shape index (κ3) is 5.71. The first-order valence-electron chi connectivity index (χ1n) is 8.38. The van der Waals surface area contributed by atoms with Crippen LogP contribution in [0.1, 0.15) is 34.1 Å². The highest BCUT2D eigenvalue weighted by molar-refractivity contribution is 5.85. The Bertz CT molecular complexity index is 495. The molecule has 2 unspecified atom stereocenters. The Morgan fingerprint density at radius 3 is 2.32 bits per heavy atom. The Hall–Kier alpha value is -2.13. The van der Waals surface area contributed by atoms with E-state index in [-0.39, 0.29) is 19.8 Å². The van der Waals surface area contributed by atoms with Crippen molar-refractivity contribution in [2.24, 2.45) is 0 Å². The van der Waals surface area contributed by atoms with E-state index < -0.39 is 30.3 Å². The lowest BCUT2D eigenvalue weighted by molar-refractivity contribution is -0.188. The lowest BCUT2D eigenvalue weighted by Gasteiger charge is -2.34. The molecule has 0 spiro atoms. The molecule has 0 aromatic rings. The standard InChI is InChI=1S/C16H26N2O7/c1-5-12(22-6-2)14(19)25-18-11-9-10-17(16(18)21)13(23-7-3)15(20)24-8-4/h9,11-13H,5-8,10H2,1-4H3. The molecule has 0 radical (unpaired) electrons. The maximum Gasteiger partial charge on any atom is 0.361 e. The molecule has 0 fully saturated rings. The summed E-state index contributed by atoms with van der Waals surface area (Å²) >= 11 is 0. The van der Waals surface area contributed by atoms with Crippen LogP contribution in [-0.4, -0.2) is 66.6 Å². The van der Waals surface area contributed by atoms with Crippen molar-refractivity contribution in [1.82, 2.24) is 9.96 Å². The summed E-state index contributed by atoms with van der Waals surface area (Å²) < 4.78 is 15.5. The van der Waals surface area contributed by atoms with E-state index in [4.69, 9.17) is 19.0 Å². The Morgan fingerprint density at radius 1 is 1.08 bits per heavy atom. The predicted molar refractivity (Wildman–Crippen MR) is 86.9 cm³/mol. The number of hydroxylamine groups is 2. The molecule has 1 aliphatic heterocycles. The van der Waals surface area contributed by atoms with Gasteiger partial charge in [0.15, 0.2) is 6.10 Å². The van der Waals surface area contributed by atoms with Crippen LogP contribution >= 0.6 is 0 Å². The van der Waals surface area contributed by atoms with E-state index in [1.165, 1.54) is 6.20 Å². The second-order valence-corrected chi connectivity index (χ2v) is 4.97. The van der Waals surface area contributed by atoms with Crippen LogP contribution in [0.25, 0.3) is 0 Å². The van der Waals surface area contributed by atoms with Gasteiger partial charge in [-0.1, -0.05) is 6.92 Å². The van der Waals surface area contributed by atoms with Gasteiger partial charge in [0.25, 0.3) is 0 Å². The maximum atomic E-state index is 12.5. The molecule has 0 saturated carbocycles. The summed E-state index contributed by atoms with van der Waals surface area (Å²) in [5, 5.41) is 0.763. The molecular formula is C16H26N2O7. The lowest BCUT2D eigenvalue weighted by atomic mass is 10.3. The van der Waals surface area contributed by atoms with Gasteiger partial charge in [-0.3, -0.25) is 4.90 Å². The minimum Gasteiger partial charge on any atom is -0.463 e. The van der Waals surface area contributed by atoms with Crippen molar-refractivity contribution < 1.29 is 33.4 Å². The van der Waals surface area contributed by atoms with Crippen molar-refractivity contribution >= 4 is 18.0 Å². The first-order chi connectivity index (χ1) is 12.0. The van der Waals surface area contributed by atoms with E-state index in [9.17, 15) is 14.4 Å². The fourth-order valence-corrected chi connectivity index (χ4v) is 2.16. The van der Waals surface area contributed by atoms with E-state index in [0.29, 0.717) is 13.0 Å². The van der Waals surface area contributed by atoms with Gasteiger partial charge in [0.05, 0.1) is 6.61 Å². The summed E-state index contributed by atoms with van der Waals surface area (Å²) in [7, 11) is 0. The molecule has 0 aromatic carbocycles. The number of hydrogen-bond donors (Lipinski definition) is 0. The summed E-state index contributed by atoms with van der Waals surface area (Å²) in [6.07, 6.45) is 1.32. The third-order valence-electron chi connectivity index (χ3n) is 3.26. The third-order valence-corrected chi connectivity index (χ3v) is 3.26. The van der Waals surface area contributed by atoms with Crippen LogP contribution in [-0.2, 0) is 28.6 Å². The maximum absolute atomic E-state index is 12.5. The monoisotopic (exact) mass is 358 g/mol. The van der Waals surface area contributed by atoms with Gasteiger partial charge in [-0.05, 0) is 33.3 Å².